The molecule has 2 aromatic carbocycles. The van der Waals surface area contributed by atoms with Crippen LogP contribution in [0.25, 0.3) is 0 Å². The van der Waals surface area contributed by atoms with Gasteiger partial charge in [0.15, 0.2) is 0 Å². The van der Waals surface area contributed by atoms with Crippen molar-refractivity contribution >= 4 is 35.6 Å². The van der Waals surface area contributed by atoms with Crippen molar-refractivity contribution in [2.75, 3.05) is 17.7 Å². The Hall–Kier alpha value is -2.57. The quantitative estimate of drug-likeness (QED) is 0.685. The number of carbonyl (C=O) groups excluding carboxylic acids is 2. The lowest BCUT2D eigenvalue weighted by Gasteiger charge is -2.12. The van der Waals surface area contributed by atoms with E-state index < -0.39 is 0 Å². The number of nitrogens with one attached hydrogen (secondary N) is 2. The molecule has 0 bridgehead atoms. The number of hydrogen-bond acceptors (Lipinski definition) is 4. The Morgan fingerprint density at radius 1 is 1.22 bits per heavy atom. The molecule has 7 heteroatoms. The Morgan fingerprint density at radius 3 is 2.78 bits per heavy atom. The summed E-state index contributed by atoms with van der Waals surface area (Å²) < 4.78 is 5.39. The number of aryl methyl sites for hydroxylation is 1. The van der Waals surface area contributed by atoms with E-state index in [0.717, 1.165) is 24.0 Å². The predicted molar refractivity (Wildman–Crippen MR) is 108 cm³/mol. The number of halogens is 1. The Kier molecular flexibility index (Phi) is 7.21. The molecule has 3 rings (SSSR count). The van der Waals surface area contributed by atoms with Crippen LogP contribution in [0, 0.1) is 6.92 Å². The number of ether oxygens (including phenoxy) is 1. The second-order valence-electron chi connectivity index (χ2n) is 6.45. The van der Waals surface area contributed by atoms with Crippen LogP contribution in [0.15, 0.2) is 42.5 Å². The summed E-state index contributed by atoms with van der Waals surface area (Å²) in [5.41, 5.74) is 9.33. The van der Waals surface area contributed by atoms with Crippen LogP contribution in [0.4, 0.5) is 11.4 Å². The van der Waals surface area contributed by atoms with Crippen LogP contribution >= 0.6 is 12.4 Å². The van der Waals surface area contributed by atoms with Gasteiger partial charge in [0.25, 0.3) is 11.8 Å². The van der Waals surface area contributed by atoms with Gasteiger partial charge in [0.2, 0.25) is 0 Å². The summed E-state index contributed by atoms with van der Waals surface area (Å²) in [6, 6.07) is 12.7. The van der Waals surface area contributed by atoms with E-state index in [0.29, 0.717) is 30.1 Å². The van der Waals surface area contributed by atoms with E-state index in [2.05, 4.69) is 10.6 Å². The van der Waals surface area contributed by atoms with E-state index in [-0.39, 0.29) is 30.3 Å². The number of benzene rings is 2. The van der Waals surface area contributed by atoms with Gasteiger partial charge in [-0.25, -0.2) is 0 Å². The second-order valence-corrected chi connectivity index (χ2v) is 6.45. The number of nitrogen functional groups attached to an aromatic ring is 1. The topological polar surface area (TPSA) is 93.5 Å². The molecule has 1 atom stereocenters. The Balaban J connectivity index is 0.00000261. The first-order valence-corrected chi connectivity index (χ1v) is 8.68. The van der Waals surface area contributed by atoms with Crippen molar-refractivity contribution in [1.29, 1.82) is 0 Å². The third-order valence-electron chi connectivity index (χ3n) is 4.38. The van der Waals surface area contributed by atoms with Crippen LogP contribution in [0.3, 0.4) is 0 Å². The first-order valence-electron chi connectivity index (χ1n) is 8.68. The third kappa shape index (κ3) is 5.45. The highest BCUT2D eigenvalue weighted by atomic mass is 35.5. The maximum absolute atomic E-state index is 12.4. The standard InChI is InChI=1S/C20H23N3O3.ClH/c1-13-7-8-15(21)11-17(13)19(24)22-12-14-4-2-5-16(10-14)23-20(25)18-6-3-9-26-18;/h2,4-5,7-8,10-11,18H,3,6,9,12,21H2,1H3,(H,22,24)(H,23,25);1H. The molecule has 4 N–H and O–H groups in total. The fourth-order valence-corrected chi connectivity index (χ4v) is 2.93. The normalized spacial score (nSPS) is 15.7. The Bertz CT molecular complexity index is 820. The minimum atomic E-state index is -0.370. The molecule has 6 nitrogen and oxygen atoms in total. The molecule has 27 heavy (non-hydrogen) atoms. The maximum atomic E-state index is 12.4. The highest BCUT2D eigenvalue weighted by molar-refractivity contribution is 5.96. The Labute approximate surface area is 164 Å². The van der Waals surface area contributed by atoms with Crippen LogP contribution in [0.5, 0.6) is 0 Å². The molecule has 1 heterocycles. The molecular weight excluding hydrogens is 366 g/mol. The van der Waals surface area contributed by atoms with Gasteiger partial charge >= 0.3 is 0 Å². The van der Waals surface area contributed by atoms with Crippen molar-refractivity contribution < 1.29 is 14.3 Å². The molecule has 1 aliphatic rings. The smallest absolute Gasteiger partial charge is 0.253 e. The average Bonchev–Trinajstić information content (AvgIpc) is 3.17. The highest BCUT2D eigenvalue weighted by Gasteiger charge is 2.23. The minimum Gasteiger partial charge on any atom is -0.399 e. The first kappa shape index (κ1) is 20.7. The molecule has 0 aliphatic carbocycles. The fourth-order valence-electron chi connectivity index (χ4n) is 2.93. The largest absolute Gasteiger partial charge is 0.399 e. The third-order valence-corrected chi connectivity index (χ3v) is 4.38. The van der Waals surface area contributed by atoms with Crippen molar-refractivity contribution in [2.45, 2.75) is 32.4 Å². The number of nitrogens with two attached hydrogens (primary N) is 1. The summed E-state index contributed by atoms with van der Waals surface area (Å²) in [4.78, 5) is 24.5. The second kappa shape index (κ2) is 9.39. The summed E-state index contributed by atoms with van der Waals surface area (Å²) >= 11 is 0. The van der Waals surface area contributed by atoms with Gasteiger partial charge in [0, 0.05) is 30.1 Å². The first-order chi connectivity index (χ1) is 12.5. The number of anilines is 2. The molecule has 1 saturated heterocycles. The van der Waals surface area contributed by atoms with Gasteiger partial charge < -0.3 is 21.1 Å². The van der Waals surface area contributed by atoms with Gasteiger partial charge in [-0.1, -0.05) is 18.2 Å². The van der Waals surface area contributed by atoms with Crippen molar-refractivity contribution in [3.63, 3.8) is 0 Å². The number of hydrogen-bond donors (Lipinski definition) is 3. The zero-order valence-electron chi connectivity index (χ0n) is 15.2. The fraction of sp³-hybridized carbons (Fsp3) is 0.300. The lowest BCUT2D eigenvalue weighted by molar-refractivity contribution is -0.124. The van der Waals surface area contributed by atoms with Gasteiger partial charge in [0.05, 0.1) is 0 Å². The molecular formula is C20H24ClN3O3. The highest BCUT2D eigenvalue weighted by Crippen LogP contribution is 2.17. The molecule has 0 saturated carbocycles. The van der Waals surface area contributed by atoms with Crippen LogP contribution in [0.2, 0.25) is 0 Å². The maximum Gasteiger partial charge on any atom is 0.253 e. The van der Waals surface area contributed by atoms with Crippen molar-refractivity contribution in [3.05, 3.63) is 59.2 Å². The summed E-state index contributed by atoms with van der Waals surface area (Å²) in [6.07, 6.45) is 1.29. The molecule has 0 aromatic heterocycles. The van der Waals surface area contributed by atoms with Gasteiger partial charge in [-0.2, -0.15) is 0 Å². The summed E-state index contributed by atoms with van der Waals surface area (Å²) in [7, 11) is 0. The lowest BCUT2D eigenvalue weighted by atomic mass is 10.1. The molecule has 1 fully saturated rings. The van der Waals surface area contributed by atoms with Gasteiger partial charge in [-0.05, 0) is 55.2 Å². The predicted octanol–water partition coefficient (Wildman–Crippen LogP) is 3.05. The van der Waals surface area contributed by atoms with Crippen LogP contribution in [-0.4, -0.2) is 24.5 Å². The molecule has 0 spiro atoms. The lowest BCUT2D eigenvalue weighted by Crippen LogP contribution is -2.27. The van der Waals surface area contributed by atoms with Crippen molar-refractivity contribution in [2.24, 2.45) is 0 Å². The Morgan fingerprint density at radius 2 is 2.04 bits per heavy atom. The molecule has 1 unspecified atom stereocenters. The van der Waals surface area contributed by atoms with Gasteiger partial charge in [-0.3, -0.25) is 9.59 Å². The molecule has 0 radical (unpaired) electrons. The van der Waals surface area contributed by atoms with Crippen molar-refractivity contribution in [3.8, 4) is 0 Å². The summed E-state index contributed by atoms with van der Waals surface area (Å²) in [5, 5.41) is 5.75. The number of amides is 2. The van der Waals surface area contributed by atoms with Gasteiger partial charge in [0.1, 0.15) is 6.10 Å². The summed E-state index contributed by atoms with van der Waals surface area (Å²) in [6.45, 7) is 2.86. The van der Waals surface area contributed by atoms with Crippen LogP contribution in [-0.2, 0) is 16.1 Å². The van der Waals surface area contributed by atoms with E-state index in [1.165, 1.54) is 0 Å². The van der Waals surface area contributed by atoms with E-state index >= 15 is 0 Å². The molecule has 2 amide bonds. The molecule has 1 aliphatic heterocycles. The minimum absolute atomic E-state index is 0. The molecule has 144 valence electrons. The molecule has 2 aromatic rings. The van der Waals surface area contributed by atoms with E-state index in [4.69, 9.17) is 10.5 Å². The average molecular weight is 390 g/mol. The zero-order chi connectivity index (χ0) is 18.5. The monoisotopic (exact) mass is 389 g/mol. The van der Waals surface area contributed by atoms with Crippen LogP contribution < -0.4 is 16.4 Å². The van der Waals surface area contributed by atoms with Crippen LogP contribution in [0.1, 0.15) is 34.3 Å². The van der Waals surface area contributed by atoms with E-state index in [1.807, 2.05) is 37.3 Å². The van der Waals surface area contributed by atoms with E-state index in [9.17, 15) is 9.59 Å². The SMILES string of the molecule is Cc1ccc(N)cc1C(=O)NCc1cccc(NC(=O)C2CCCO2)c1.Cl. The zero-order valence-corrected chi connectivity index (χ0v) is 16.0. The van der Waals surface area contributed by atoms with Gasteiger partial charge in [-0.15, -0.1) is 12.4 Å². The number of rotatable bonds is 5. The van der Waals surface area contributed by atoms with E-state index in [1.54, 1.807) is 12.1 Å². The summed E-state index contributed by atoms with van der Waals surface area (Å²) in [5.74, 6) is -0.303. The number of carbonyl (C=O) groups is 2. The van der Waals surface area contributed by atoms with Crippen molar-refractivity contribution in [1.82, 2.24) is 5.32 Å².